The topological polar surface area (TPSA) is 58.9 Å². The third-order valence-electron chi connectivity index (χ3n) is 3.73. The number of tetrazole rings is 1. The molecular formula is C18H22N6S. The molecule has 0 fully saturated rings. The molecule has 0 saturated carbocycles. The molecule has 1 aromatic heterocycles. The summed E-state index contributed by atoms with van der Waals surface area (Å²) in [4.78, 5) is 2.10. The number of para-hydroxylation sites is 1. The molecule has 0 saturated heterocycles. The summed E-state index contributed by atoms with van der Waals surface area (Å²) in [6, 6.07) is 18.5. The van der Waals surface area contributed by atoms with E-state index in [0.717, 1.165) is 29.7 Å². The summed E-state index contributed by atoms with van der Waals surface area (Å²) >= 11 is 1.65. The second-order valence-corrected chi connectivity index (χ2v) is 6.86. The minimum Gasteiger partial charge on any atom is -0.378 e. The normalized spacial score (nSPS) is 10.8. The largest absolute Gasteiger partial charge is 0.378 e. The van der Waals surface area contributed by atoms with E-state index < -0.39 is 0 Å². The fourth-order valence-corrected chi connectivity index (χ4v) is 3.15. The molecule has 2 aromatic carbocycles. The molecule has 130 valence electrons. The second-order valence-electron chi connectivity index (χ2n) is 5.79. The van der Waals surface area contributed by atoms with E-state index in [0.29, 0.717) is 0 Å². The van der Waals surface area contributed by atoms with Crippen molar-refractivity contribution in [3.05, 3.63) is 60.2 Å². The first-order valence-corrected chi connectivity index (χ1v) is 9.16. The predicted octanol–water partition coefficient (Wildman–Crippen LogP) is 2.61. The van der Waals surface area contributed by atoms with Crippen LogP contribution in [0.15, 0.2) is 59.8 Å². The summed E-state index contributed by atoms with van der Waals surface area (Å²) in [5, 5.41) is 16.2. The van der Waals surface area contributed by atoms with Crippen molar-refractivity contribution >= 4 is 17.4 Å². The molecule has 1 heterocycles. The lowest BCUT2D eigenvalue weighted by Crippen LogP contribution is -2.17. The highest BCUT2D eigenvalue weighted by molar-refractivity contribution is 7.99. The lowest BCUT2D eigenvalue weighted by atomic mass is 10.2. The van der Waals surface area contributed by atoms with E-state index in [-0.39, 0.29) is 0 Å². The molecular weight excluding hydrogens is 332 g/mol. The van der Waals surface area contributed by atoms with Crippen LogP contribution in [0.4, 0.5) is 5.69 Å². The smallest absolute Gasteiger partial charge is 0.214 e. The third-order valence-corrected chi connectivity index (χ3v) is 4.65. The first-order valence-electron chi connectivity index (χ1n) is 8.17. The zero-order valence-corrected chi connectivity index (χ0v) is 15.3. The molecule has 6 nitrogen and oxygen atoms in total. The van der Waals surface area contributed by atoms with Crippen LogP contribution in [0.5, 0.6) is 0 Å². The highest BCUT2D eigenvalue weighted by Crippen LogP contribution is 2.17. The quantitative estimate of drug-likeness (QED) is 0.496. The number of rotatable bonds is 8. The van der Waals surface area contributed by atoms with Gasteiger partial charge in [-0.1, -0.05) is 42.1 Å². The first-order chi connectivity index (χ1) is 12.2. The van der Waals surface area contributed by atoms with Crippen LogP contribution < -0.4 is 10.2 Å². The van der Waals surface area contributed by atoms with E-state index in [4.69, 9.17) is 0 Å². The summed E-state index contributed by atoms with van der Waals surface area (Å²) in [6.07, 6.45) is 0. The molecule has 0 atom stereocenters. The van der Waals surface area contributed by atoms with E-state index in [9.17, 15) is 0 Å². The highest BCUT2D eigenvalue weighted by atomic mass is 32.2. The molecule has 0 spiro atoms. The van der Waals surface area contributed by atoms with E-state index in [2.05, 4.69) is 50.0 Å². The summed E-state index contributed by atoms with van der Waals surface area (Å²) in [5.74, 6) is 0.906. The van der Waals surface area contributed by atoms with E-state index >= 15 is 0 Å². The van der Waals surface area contributed by atoms with Crippen LogP contribution in [0.1, 0.15) is 5.56 Å². The molecule has 0 aliphatic carbocycles. The molecule has 3 rings (SSSR count). The van der Waals surface area contributed by atoms with Crippen molar-refractivity contribution in [3.63, 3.8) is 0 Å². The van der Waals surface area contributed by atoms with Gasteiger partial charge in [-0.15, -0.1) is 5.10 Å². The number of thioether (sulfide) groups is 1. The van der Waals surface area contributed by atoms with Crippen LogP contribution in [0.2, 0.25) is 0 Å². The summed E-state index contributed by atoms with van der Waals surface area (Å²) in [7, 11) is 4.10. The zero-order valence-electron chi connectivity index (χ0n) is 14.5. The number of aromatic nitrogens is 4. The molecule has 0 radical (unpaired) electrons. The molecule has 0 bridgehead atoms. The van der Waals surface area contributed by atoms with Gasteiger partial charge in [0.25, 0.3) is 0 Å². The third kappa shape index (κ3) is 4.80. The number of nitrogens with zero attached hydrogens (tertiary/aromatic N) is 5. The van der Waals surface area contributed by atoms with Gasteiger partial charge >= 0.3 is 0 Å². The van der Waals surface area contributed by atoms with Gasteiger partial charge in [0.05, 0.1) is 5.69 Å². The van der Waals surface area contributed by atoms with Crippen molar-refractivity contribution in [1.82, 2.24) is 25.5 Å². The van der Waals surface area contributed by atoms with Gasteiger partial charge in [0.1, 0.15) is 0 Å². The monoisotopic (exact) mass is 354 g/mol. The molecule has 0 unspecified atom stereocenters. The van der Waals surface area contributed by atoms with Crippen molar-refractivity contribution in [3.8, 4) is 5.69 Å². The average Bonchev–Trinajstić information content (AvgIpc) is 3.11. The van der Waals surface area contributed by atoms with Gasteiger partial charge in [0.2, 0.25) is 5.16 Å². The Labute approximate surface area is 152 Å². The highest BCUT2D eigenvalue weighted by Gasteiger charge is 2.08. The lowest BCUT2D eigenvalue weighted by molar-refractivity contribution is 0.728. The minimum absolute atomic E-state index is 0.809. The SMILES string of the molecule is CN(C)c1ccc(CNCCSc2nnnn2-c2ccccc2)cc1. The summed E-state index contributed by atoms with van der Waals surface area (Å²) < 4.78 is 1.77. The number of hydrogen-bond acceptors (Lipinski definition) is 6. The number of benzene rings is 2. The van der Waals surface area contributed by atoms with E-state index in [1.165, 1.54) is 11.3 Å². The van der Waals surface area contributed by atoms with Crippen LogP contribution >= 0.6 is 11.8 Å². The van der Waals surface area contributed by atoms with Crippen LogP contribution in [0, 0.1) is 0 Å². The molecule has 0 amide bonds. The van der Waals surface area contributed by atoms with Crippen molar-refractivity contribution in [2.45, 2.75) is 11.7 Å². The average molecular weight is 354 g/mol. The standard InChI is InChI=1S/C18H22N6S/c1-23(2)16-10-8-15(9-11-16)14-19-12-13-25-18-20-21-22-24(18)17-6-4-3-5-7-17/h3-11,19H,12-14H2,1-2H3. The van der Waals surface area contributed by atoms with Gasteiger partial charge in [-0.05, 0) is 40.3 Å². The number of hydrogen-bond donors (Lipinski definition) is 1. The Kier molecular flexibility index (Phi) is 6.03. The maximum Gasteiger partial charge on any atom is 0.214 e. The molecule has 0 aliphatic rings. The van der Waals surface area contributed by atoms with Gasteiger partial charge in [-0.2, -0.15) is 4.68 Å². The fourth-order valence-electron chi connectivity index (χ4n) is 2.36. The minimum atomic E-state index is 0.809. The Bertz CT molecular complexity index is 770. The molecule has 7 heteroatoms. The Morgan fingerprint density at radius 2 is 1.80 bits per heavy atom. The maximum absolute atomic E-state index is 4.11. The van der Waals surface area contributed by atoms with Crippen molar-refractivity contribution < 1.29 is 0 Å². The van der Waals surface area contributed by atoms with Crippen LogP contribution in [0.25, 0.3) is 5.69 Å². The predicted molar refractivity (Wildman–Crippen MR) is 102 cm³/mol. The first kappa shape index (κ1) is 17.4. The Hall–Kier alpha value is -2.38. The van der Waals surface area contributed by atoms with Gasteiger partial charge in [-0.3, -0.25) is 0 Å². The maximum atomic E-state index is 4.11. The van der Waals surface area contributed by atoms with E-state index in [1.807, 2.05) is 44.4 Å². The van der Waals surface area contributed by atoms with Gasteiger partial charge in [0, 0.05) is 38.6 Å². The van der Waals surface area contributed by atoms with Crippen LogP contribution in [-0.2, 0) is 6.54 Å². The van der Waals surface area contributed by atoms with Gasteiger partial charge in [0.15, 0.2) is 0 Å². The lowest BCUT2D eigenvalue weighted by Gasteiger charge is -2.12. The Morgan fingerprint density at radius 3 is 2.52 bits per heavy atom. The Morgan fingerprint density at radius 1 is 1.04 bits per heavy atom. The van der Waals surface area contributed by atoms with Gasteiger partial charge in [-0.25, -0.2) is 0 Å². The van der Waals surface area contributed by atoms with Crippen LogP contribution in [-0.4, -0.2) is 46.6 Å². The number of anilines is 1. The zero-order chi connectivity index (χ0) is 17.5. The summed E-state index contributed by atoms with van der Waals surface area (Å²) in [5.41, 5.74) is 3.47. The summed E-state index contributed by atoms with van der Waals surface area (Å²) in [6.45, 7) is 1.75. The van der Waals surface area contributed by atoms with Crippen molar-refractivity contribution in [2.24, 2.45) is 0 Å². The molecule has 1 N–H and O–H groups in total. The van der Waals surface area contributed by atoms with Crippen LogP contribution in [0.3, 0.4) is 0 Å². The van der Waals surface area contributed by atoms with Crippen molar-refractivity contribution in [1.29, 1.82) is 0 Å². The Balaban J connectivity index is 1.44. The molecule has 3 aromatic rings. The second kappa shape index (κ2) is 8.64. The molecule has 0 aliphatic heterocycles. The van der Waals surface area contributed by atoms with Crippen molar-refractivity contribution in [2.75, 3.05) is 31.3 Å². The number of nitrogens with one attached hydrogen (secondary N) is 1. The van der Waals surface area contributed by atoms with Gasteiger partial charge < -0.3 is 10.2 Å². The molecule has 25 heavy (non-hydrogen) atoms. The van der Waals surface area contributed by atoms with E-state index in [1.54, 1.807) is 16.4 Å². The fraction of sp³-hybridized carbons (Fsp3) is 0.278.